The SMILES string of the molecule is CCCCOc1c([N+](=O)[O-])cc([N+](=O)[O-])c2nsnc12. The minimum atomic E-state index is -0.716. The highest BCUT2D eigenvalue weighted by atomic mass is 32.1. The number of unbranched alkanes of at least 4 members (excludes halogenated alkanes) is 1. The van der Waals surface area contributed by atoms with E-state index in [1.54, 1.807) is 0 Å². The van der Waals surface area contributed by atoms with E-state index in [0.29, 0.717) is 6.42 Å². The normalized spacial score (nSPS) is 10.7. The number of rotatable bonds is 6. The molecule has 0 aliphatic rings. The quantitative estimate of drug-likeness (QED) is 0.456. The smallest absolute Gasteiger partial charge is 0.320 e. The Labute approximate surface area is 116 Å². The van der Waals surface area contributed by atoms with Crippen molar-refractivity contribution in [3.63, 3.8) is 0 Å². The van der Waals surface area contributed by atoms with Crippen molar-refractivity contribution < 1.29 is 14.6 Å². The Morgan fingerprint density at radius 3 is 2.45 bits per heavy atom. The molecule has 9 nitrogen and oxygen atoms in total. The summed E-state index contributed by atoms with van der Waals surface area (Å²) in [7, 11) is 0. The van der Waals surface area contributed by atoms with Crippen LogP contribution in [0.5, 0.6) is 5.75 Å². The van der Waals surface area contributed by atoms with Gasteiger partial charge in [-0.2, -0.15) is 8.75 Å². The number of hydrogen-bond acceptors (Lipinski definition) is 8. The maximum Gasteiger partial charge on any atom is 0.320 e. The van der Waals surface area contributed by atoms with Crippen LogP contribution in [0.15, 0.2) is 6.07 Å². The summed E-state index contributed by atoms with van der Waals surface area (Å²) < 4.78 is 13.1. The second kappa shape index (κ2) is 5.74. The molecule has 0 spiro atoms. The van der Waals surface area contributed by atoms with E-state index in [-0.39, 0.29) is 23.4 Å². The molecule has 0 aliphatic carbocycles. The van der Waals surface area contributed by atoms with Crippen molar-refractivity contribution >= 4 is 34.1 Å². The molecule has 1 aromatic heterocycles. The van der Waals surface area contributed by atoms with Gasteiger partial charge in [0, 0.05) is 0 Å². The highest BCUT2D eigenvalue weighted by Gasteiger charge is 2.29. The molecule has 0 fully saturated rings. The molecule has 0 saturated carbocycles. The van der Waals surface area contributed by atoms with Crippen LogP contribution in [0.3, 0.4) is 0 Å². The van der Waals surface area contributed by atoms with Gasteiger partial charge in [0.05, 0.1) is 28.2 Å². The number of non-ortho nitro benzene ring substituents is 1. The molecule has 10 heteroatoms. The number of hydrogen-bond donors (Lipinski definition) is 0. The largest absolute Gasteiger partial charge is 0.485 e. The Bertz CT molecular complexity index is 671. The highest BCUT2D eigenvalue weighted by molar-refractivity contribution is 7.00. The van der Waals surface area contributed by atoms with Crippen LogP contribution in [-0.4, -0.2) is 25.2 Å². The Morgan fingerprint density at radius 1 is 1.20 bits per heavy atom. The second-order valence-electron chi connectivity index (χ2n) is 3.92. The predicted molar refractivity (Wildman–Crippen MR) is 71.1 cm³/mol. The zero-order valence-electron chi connectivity index (χ0n) is 10.4. The molecule has 0 amide bonds. The molecule has 0 N–H and O–H groups in total. The van der Waals surface area contributed by atoms with Gasteiger partial charge in [-0.25, -0.2) is 0 Å². The Kier molecular flexibility index (Phi) is 4.03. The fourth-order valence-corrected chi connectivity index (χ4v) is 2.18. The third-order valence-corrected chi connectivity index (χ3v) is 3.12. The van der Waals surface area contributed by atoms with E-state index >= 15 is 0 Å². The molecule has 0 aliphatic heterocycles. The summed E-state index contributed by atoms with van der Waals surface area (Å²) >= 11 is 0.751. The van der Waals surface area contributed by atoms with Crippen molar-refractivity contribution in [3.8, 4) is 5.75 Å². The Hall–Kier alpha value is -2.36. The molecule has 0 bridgehead atoms. The summed E-state index contributed by atoms with van der Waals surface area (Å²) in [5, 5.41) is 22.0. The van der Waals surface area contributed by atoms with E-state index in [9.17, 15) is 20.2 Å². The Balaban J connectivity index is 2.61. The van der Waals surface area contributed by atoms with Crippen molar-refractivity contribution in [2.75, 3.05) is 6.61 Å². The van der Waals surface area contributed by atoms with Crippen LogP contribution in [0.25, 0.3) is 11.0 Å². The number of nitrogens with zero attached hydrogens (tertiary/aromatic N) is 4. The number of aromatic nitrogens is 2. The van der Waals surface area contributed by atoms with Crippen LogP contribution in [0.1, 0.15) is 19.8 Å². The van der Waals surface area contributed by atoms with E-state index in [0.717, 1.165) is 24.2 Å². The predicted octanol–water partition coefficient (Wildman–Crippen LogP) is 2.69. The van der Waals surface area contributed by atoms with Crippen molar-refractivity contribution in [2.24, 2.45) is 0 Å². The molecule has 0 radical (unpaired) electrons. The van der Waals surface area contributed by atoms with Crippen molar-refractivity contribution in [2.45, 2.75) is 19.8 Å². The second-order valence-corrected chi connectivity index (χ2v) is 4.45. The molecule has 1 aromatic carbocycles. The summed E-state index contributed by atoms with van der Waals surface area (Å²) in [5.41, 5.74) is -0.833. The summed E-state index contributed by atoms with van der Waals surface area (Å²) in [4.78, 5) is 20.6. The van der Waals surface area contributed by atoms with Gasteiger partial charge < -0.3 is 4.74 Å². The van der Waals surface area contributed by atoms with E-state index in [4.69, 9.17) is 4.74 Å². The molecule has 2 aromatic rings. The van der Waals surface area contributed by atoms with Crippen molar-refractivity contribution in [1.29, 1.82) is 0 Å². The molecule has 2 rings (SSSR count). The van der Waals surface area contributed by atoms with Crippen molar-refractivity contribution in [3.05, 3.63) is 26.3 Å². The van der Waals surface area contributed by atoms with E-state index < -0.39 is 21.2 Å². The lowest BCUT2D eigenvalue weighted by atomic mass is 10.2. The molecule has 20 heavy (non-hydrogen) atoms. The third kappa shape index (κ3) is 2.50. The minimum Gasteiger partial charge on any atom is -0.485 e. The van der Waals surface area contributed by atoms with Gasteiger partial charge in [-0.1, -0.05) is 13.3 Å². The van der Waals surface area contributed by atoms with Gasteiger partial charge in [-0.05, 0) is 6.42 Å². The first-order valence-electron chi connectivity index (χ1n) is 5.77. The van der Waals surface area contributed by atoms with E-state index in [2.05, 4.69) is 8.75 Å². The van der Waals surface area contributed by atoms with Gasteiger partial charge in [-0.3, -0.25) is 20.2 Å². The van der Waals surface area contributed by atoms with Gasteiger partial charge in [0.25, 0.3) is 0 Å². The van der Waals surface area contributed by atoms with Crippen LogP contribution in [0.4, 0.5) is 11.4 Å². The van der Waals surface area contributed by atoms with Crippen LogP contribution in [0, 0.1) is 20.2 Å². The number of fused-ring (bicyclic) bond motifs is 1. The maximum atomic E-state index is 11.1. The average molecular weight is 298 g/mol. The maximum absolute atomic E-state index is 11.1. The lowest BCUT2D eigenvalue weighted by molar-refractivity contribution is -0.393. The minimum absolute atomic E-state index is 0.0112. The average Bonchev–Trinajstić information content (AvgIpc) is 2.87. The fraction of sp³-hybridized carbons (Fsp3) is 0.400. The van der Waals surface area contributed by atoms with Gasteiger partial charge in [0.1, 0.15) is 6.07 Å². The van der Waals surface area contributed by atoms with Gasteiger partial charge in [-0.15, -0.1) is 0 Å². The summed E-state index contributed by atoms with van der Waals surface area (Å²) in [6.45, 7) is 2.23. The molecular formula is C10H10N4O5S. The molecule has 0 saturated heterocycles. The van der Waals surface area contributed by atoms with E-state index in [1.165, 1.54) is 0 Å². The summed E-state index contributed by atoms with van der Waals surface area (Å²) in [6.07, 6.45) is 1.58. The topological polar surface area (TPSA) is 121 Å². The summed E-state index contributed by atoms with van der Waals surface area (Å²) in [6, 6.07) is 0.866. The molecule has 1 heterocycles. The Morgan fingerprint density at radius 2 is 1.85 bits per heavy atom. The van der Waals surface area contributed by atoms with Crippen LogP contribution < -0.4 is 4.74 Å². The number of nitro groups is 2. The number of ether oxygens (including phenoxy) is 1. The fourth-order valence-electron chi connectivity index (χ4n) is 1.63. The van der Waals surface area contributed by atoms with Crippen LogP contribution >= 0.6 is 11.7 Å². The first-order valence-corrected chi connectivity index (χ1v) is 6.50. The zero-order valence-corrected chi connectivity index (χ0v) is 11.3. The first-order chi connectivity index (χ1) is 9.56. The van der Waals surface area contributed by atoms with Crippen LogP contribution in [0.2, 0.25) is 0 Å². The molecule has 106 valence electrons. The molecule has 0 atom stereocenters. The zero-order chi connectivity index (χ0) is 14.7. The highest BCUT2D eigenvalue weighted by Crippen LogP contribution is 2.39. The lowest BCUT2D eigenvalue weighted by Crippen LogP contribution is -2.02. The number of nitro benzene ring substituents is 2. The molecular weight excluding hydrogens is 288 g/mol. The monoisotopic (exact) mass is 298 g/mol. The third-order valence-electron chi connectivity index (χ3n) is 2.59. The molecule has 0 unspecified atom stereocenters. The van der Waals surface area contributed by atoms with Gasteiger partial charge >= 0.3 is 11.4 Å². The summed E-state index contributed by atoms with van der Waals surface area (Å²) in [5.74, 6) is -0.0576. The van der Waals surface area contributed by atoms with Crippen LogP contribution in [-0.2, 0) is 0 Å². The first kappa shape index (κ1) is 14.1. The lowest BCUT2D eigenvalue weighted by Gasteiger charge is -2.06. The number of benzene rings is 1. The van der Waals surface area contributed by atoms with E-state index in [1.807, 2.05) is 6.92 Å². The van der Waals surface area contributed by atoms with Crippen molar-refractivity contribution in [1.82, 2.24) is 8.75 Å². The standard InChI is InChI=1S/C10H10N4O5S/c1-2-3-4-19-10-7(14(17)18)5-6(13(15)16)8-9(10)12-20-11-8/h5H,2-4H2,1H3. The van der Waals surface area contributed by atoms with Gasteiger partial charge in [0.15, 0.2) is 11.0 Å². The van der Waals surface area contributed by atoms with Gasteiger partial charge in [0.2, 0.25) is 5.75 Å².